The molecular weight excluding hydrogens is 352 g/mol. The molecule has 4 aromatic carbocycles. The van der Waals surface area contributed by atoms with Crippen LogP contribution in [-0.4, -0.2) is 5.78 Å². The number of hydrogen-bond donors (Lipinski definition) is 0. The zero-order valence-corrected chi connectivity index (χ0v) is 16.6. The predicted molar refractivity (Wildman–Crippen MR) is 119 cm³/mol. The van der Waals surface area contributed by atoms with Crippen LogP contribution < -0.4 is 0 Å². The van der Waals surface area contributed by atoms with Crippen molar-refractivity contribution in [3.8, 4) is 22.3 Å². The van der Waals surface area contributed by atoms with E-state index in [2.05, 4.69) is 74.5 Å². The molecule has 5 rings (SSSR count). The predicted octanol–water partition coefficient (Wildman–Crippen LogP) is 6.89. The second kappa shape index (κ2) is 6.56. The van der Waals surface area contributed by atoms with Crippen molar-refractivity contribution in [2.75, 3.05) is 0 Å². The van der Waals surface area contributed by atoms with Crippen molar-refractivity contribution in [3.63, 3.8) is 0 Å². The second-order valence-electron chi connectivity index (χ2n) is 8.28. The molecule has 140 valence electrons. The highest BCUT2D eigenvalue weighted by Crippen LogP contribution is 2.36. The Morgan fingerprint density at radius 2 is 0.828 bits per heavy atom. The molecule has 0 atom stereocenters. The Bertz CT molecular complexity index is 1150. The van der Waals surface area contributed by atoms with Gasteiger partial charge in [-0.25, -0.2) is 0 Å². The van der Waals surface area contributed by atoms with Crippen molar-refractivity contribution in [3.05, 3.63) is 119 Å². The van der Waals surface area contributed by atoms with Gasteiger partial charge in [-0.05, 0) is 45.5 Å². The van der Waals surface area contributed by atoms with E-state index in [0.717, 1.165) is 33.4 Å². The van der Waals surface area contributed by atoms with Gasteiger partial charge in [0.2, 0.25) is 0 Å². The van der Waals surface area contributed by atoms with Gasteiger partial charge in [0, 0.05) is 16.5 Å². The molecule has 4 aromatic rings. The fourth-order valence-corrected chi connectivity index (χ4v) is 4.19. The van der Waals surface area contributed by atoms with E-state index >= 15 is 0 Å². The lowest BCUT2D eigenvalue weighted by molar-refractivity contribution is 0.103. The van der Waals surface area contributed by atoms with E-state index in [1.165, 1.54) is 11.1 Å². The van der Waals surface area contributed by atoms with E-state index in [4.69, 9.17) is 0 Å². The SMILES string of the molecule is CC1(C)c2cccc(c2)-c2cccc(c2)C(=O)c2cccc(c2)-c2cccc1c2. The van der Waals surface area contributed by atoms with Crippen LogP contribution in [0.15, 0.2) is 97.1 Å². The second-order valence-corrected chi connectivity index (χ2v) is 8.28. The summed E-state index contributed by atoms with van der Waals surface area (Å²) in [5.74, 6) is 0.0541. The average Bonchev–Trinajstić information content (AvgIpc) is 2.78. The van der Waals surface area contributed by atoms with Crippen LogP contribution in [0.2, 0.25) is 0 Å². The standard InChI is InChI=1S/C28H22O/c1-28(2)25-13-5-9-21(17-25)19-7-3-11-23(15-19)27(29)24-12-4-8-20(16-24)22-10-6-14-26(28)18-22/h3-18H,1-2H3. The Hall–Kier alpha value is -3.45. The fourth-order valence-electron chi connectivity index (χ4n) is 4.19. The van der Waals surface area contributed by atoms with Crippen LogP contribution in [0.25, 0.3) is 22.3 Å². The van der Waals surface area contributed by atoms with Gasteiger partial charge in [-0.1, -0.05) is 98.8 Å². The molecule has 0 saturated heterocycles. The molecule has 0 aliphatic heterocycles. The molecule has 0 radical (unpaired) electrons. The van der Waals surface area contributed by atoms with Gasteiger partial charge in [0.05, 0.1) is 0 Å². The van der Waals surface area contributed by atoms with Crippen molar-refractivity contribution < 1.29 is 4.79 Å². The highest BCUT2D eigenvalue weighted by molar-refractivity contribution is 6.10. The van der Waals surface area contributed by atoms with E-state index in [1.54, 1.807) is 0 Å². The molecule has 0 amide bonds. The summed E-state index contributed by atoms with van der Waals surface area (Å²) in [5, 5.41) is 0. The fraction of sp³-hybridized carbons (Fsp3) is 0.107. The molecule has 1 aliphatic carbocycles. The lowest BCUT2D eigenvalue weighted by Crippen LogP contribution is -2.19. The van der Waals surface area contributed by atoms with Crippen LogP contribution in [0.4, 0.5) is 0 Å². The van der Waals surface area contributed by atoms with E-state index in [9.17, 15) is 4.79 Å². The van der Waals surface area contributed by atoms with E-state index in [0.29, 0.717) is 0 Å². The Balaban J connectivity index is 1.83. The number of ketones is 1. The third-order valence-electron chi connectivity index (χ3n) is 6.08. The largest absolute Gasteiger partial charge is 0.289 e. The maximum atomic E-state index is 13.2. The van der Waals surface area contributed by atoms with Gasteiger partial charge in [0.1, 0.15) is 0 Å². The average molecular weight is 374 g/mol. The molecule has 8 bridgehead atoms. The normalized spacial score (nSPS) is 14.2. The molecule has 1 heteroatoms. The molecule has 0 N–H and O–H groups in total. The van der Waals surface area contributed by atoms with Crippen LogP contribution in [0.5, 0.6) is 0 Å². The Labute approximate surface area is 171 Å². The molecule has 0 heterocycles. The number of benzene rings is 4. The number of carbonyl (C=O) groups excluding carboxylic acids is 1. The van der Waals surface area contributed by atoms with Crippen molar-refractivity contribution in [1.82, 2.24) is 0 Å². The zero-order valence-electron chi connectivity index (χ0n) is 16.6. The quantitative estimate of drug-likeness (QED) is 0.327. The van der Waals surface area contributed by atoms with Crippen LogP contribution in [0, 0.1) is 0 Å². The molecule has 1 nitrogen and oxygen atoms in total. The first-order valence-corrected chi connectivity index (χ1v) is 9.99. The lowest BCUT2D eigenvalue weighted by Gasteiger charge is -2.27. The van der Waals surface area contributed by atoms with Crippen LogP contribution in [-0.2, 0) is 5.41 Å². The summed E-state index contributed by atoms with van der Waals surface area (Å²) in [7, 11) is 0. The van der Waals surface area contributed by atoms with Crippen LogP contribution in [0.3, 0.4) is 0 Å². The molecule has 0 unspecified atom stereocenters. The van der Waals surface area contributed by atoms with Crippen molar-refractivity contribution >= 4 is 5.78 Å². The molecule has 0 aromatic heterocycles. The summed E-state index contributed by atoms with van der Waals surface area (Å²) in [6, 6.07) is 33.2. The van der Waals surface area contributed by atoms with E-state index in [-0.39, 0.29) is 11.2 Å². The van der Waals surface area contributed by atoms with Gasteiger partial charge in [0.25, 0.3) is 0 Å². The Morgan fingerprint density at radius 1 is 0.483 bits per heavy atom. The number of rotatable bonds is 0. The molecule has 0 saturated carbocycles. The summed E-state index contributed by atoms with van der Waals surface area (Å²) in [5.41, 5.74) is 8.21. The van der Waals surface area contributed by atoms with Gasteiger partial charge in [0.15, 0.2) is 5.78 Å². The van der Waals surface area contributed by atoms with Gasteiger partial charge >= 0.3 is 0 Å². The van der Waals surface area contributed by atoms with Gasteiger partial charge in [-0.3, -0.25) is 4.79 Å². The molecule has 0 spiro atoms. The summed E-state index contributed by atoms with van der Waals surface area (Å²) in [6.07, 6.45) is 0. The third-order valence-corrected chi connectivity index (χ3v) is 6.08. The van der Waals surface area contributed by atoms with Gasteiger partial charge in [-0.2, -0.15) is 0 Å². The van der Waals surface area contributed by atoms with Crippen LogP contribution >= 0.6 is 0 Å². The van der Waals surface area contributed by atoms with Crippen LogP contribution in [0.1, 0.15) is 40.9 Å². The summed E-state index contributed by atoms with van der Waals surface area (Å²) in [6.45, 7) is 4.54. The maximum Gasteiger partial charge on any atom is 0.193 e. The van der Waals surface area contributed by atoms with Crippen molar-refractivity contribution in [1.29, 1.82) is 0 Å². The van der Waals surface area contributed by atoms with Crippen molar-refractivity contribution in [2.45, 2.75) is 19.3 Å². The number of carbonyl (C=O) groups is 1. The van der Waals surface area contributed by atoms with Crippen molar-refractivity contribution in [2.24, 2.45) is 0 Å². The minimum atomic E-state index is -0.138. The highest BCUT2D eigenvalue weighted by Gasteiger charge is 2.24. The number of hydrogen-bond acceptors (Lipinski definition) is 1. The zero-order chi connectivity index (χ0) is 20.0. The topological polar surface area (TPSA) is 17.1 Å². The maximum absolute atomic E-state index is 13.2. The summed E-state index contributed by atoms with van der Waals surface area (Å²) >= 11 is 0. The Kier molecular flexibility index (Phi) is 3.99. The summed E-state index contributed by atoms with van der Waals surface area (Å²) < 4.78 is 0. The van der Waals surface area contributed by atoms with E-state index in [1.807, 2.05) is 36.4 Å². The highest BCUT2D eigenvalue weighted by atomic mass is 16.1. The molecular formula is C28H22O. The monoisotopic (exact) mass is 374 g/mol. The summed E-state index contributed by atoms with van der Waals surface area (Å²) in [4.78, 5) is 13.2. The molecule has 29 heavy (non-hydrogen) atoms. The first kappa shape index (κ1) is 17.6. The smallest absolute Gasteiger partial charge is 0.193 e. The lowest BCUT2D eigenvalue weighted by atomic mass is 9.76. The van der Waals surface area contributed by atoms with Gasteiger partial charge < -0.3 is 0 Å². The third kappa shape index (κ3) is 3.00. The van der Waals surface area contributed by atoms with E-state index < -0.39 is 0 Å². The van der Waals surface area contributed by atoms with Gasteiger partial charge in [-0.15, -0.1) is 0 Å². The molecule has 1 aliphatic rings. The first-order valence-electron chi connectivity index (χ1n) is 9.99. The minimum absolute atomic E-state index is 0.0541. The Morgan fingerprint density at radius 3 is 1.28 bits per heavy atom. The number of fused-ring (bicyclic) bond motifs is 10. The first-order chi connectivity index (χ1) is 14.0. The molecule has 0 fully saturated rings. The minimum Gasteiger partial charge on any atom is -0.289 e.